The summed E-state index contributed by atoms with van der Waals surface area (Å²) in [5.41, 5.74) is 7.66. The quantitative estimate of drug-likeness (QED) is 0.0904. The van der Waals surface area contributed by atoms with Crippen LogP contribution in [-0.2, 0) is 32.1 Å². The molecule has 4 unspecified atom stereocenters. The largest absolute Gasteiger partial charge is 0.507 e. The fourth-order valence-corrected chi connectivity index (χ4v) is 8.91. The van der Waals surface area contributed by atoms with E-state index in [9.17, 15) is 19.8 Å². The van der Waals surface area contributed by atoms with Crippen molar-refractivity contribution in [2.75, 3.05) is 53.6 Å². The number of fused-ring (bicyclic) bond motifs is 8. The zero-order valence-corrected chi connectivity index (χ0v) is 40.2. The number of methoxy groups -OCH3 is 4. The average molecular weight is 1030 g/mol. The molecule has 6 heterocycles. The Labute approximate surface area is 413 Å². The molecule has 0 amide bonds. The number of carboxylic acids is 2. The van der Waals surface area contributed by atoms with Crippen molar-refractivity contribution in [2.45, 2.75) is 70.4 Å². The Morgan fingerprint density at radius 2 is 1.10 bits per heavy atom. The lowest BCUT2D eigenvalue weighted by Gasteiger charge is -2.28. The number of phenolic OH excluding ortho intramolecular Hbond substituents is 1. The molecule has 0 spiro atoms. The van der Waals surface area contributed by atoms with Gasteiger partial charge in [-0.05, 0) is 61.4 Å². The molecule has 3 N–H and O–H groups in total. The third-order valence-electron chi connectivity index (χ3n) is 12.3. The molecule has 70 heavy (non-hydrogen) atoms. The van der Waals surface area contributed by atoms with Gasteiger partial charge in [0.1, 0.15) is 76.7 Å². The van der Waals surface area contributed by atoms with Crippen LogP contribution in [0.25, 0.3) is 0 Å². The van der Waals surface area contributed by atoms with Gasteiger partial charge in [-0.2, -0.15) is 0 Å². The van der Waals surface area contributed by atoms with Crippen molar-refractivity contribution in [2.24, 2.45) is 10.3 Å². The van der Waals surface area contributed by atoms with E-state index in [2.05, 4.69) is 39.4 Å². The number of phenols is 1. The van der Waals surface area contributed by atoms with Crippen LogP contribution in [-0.4, -0.2) is 117 Å². The first-order valence-corrected chi connectivity index (χ1v) is 22.8. The van der Waals surface area contributed by atoms with E-state index in [1.54, 1.807) is 34.5 Å². The molecule has 19 heteroatoms. The fraction of sp³-hybridized carbons (Fsp3) is 0.373. The predicted octanol–water partition coefficient (Wildman–Crippen LogP) is 8.00. The number of alkyl halides is 1. The summed E-state index contributed by atoms with van der Waals surface area (Å²) in [5.74, 6) is 3.21. The van der Waals surface area contributed by atoms with E-state index in [4.69, 9.17) is 57.4 Å². The van der Waals surface area contributed by atoms with Crippen LogP contribution < -0.4 is 42.6 Å². The molecule has 4 aromatic rings. The minimum Gasteiger partial charge on any atom is -0.507 e. The topological polar surface area (TPSA) is 221 Å². The van der Waals surface area contributed by atoms with Gasteiger partial charge in [0, 0.05) is 58.4 Å². The normalized spacial score (nSPS) is 21.0. The molecule has 6 aliphatic heterocycles. The Bertz CT molecular complexity index is 2770. The molecular formula is C51H55BrN2O16. The highest BCUT2D eigenvalue weighted by Gasteiger charge is 2.46. The lowest BCUT2D eigenvalue weighted by molar-refractivity contribution is -0.139. The summed E-state index contributed by atoms with van der Waals surface area (Å²) in [5, 5.41) is 36.8. The Hall–Kier alpha value is -7.28. The number of benzene rings is 4. The SMILES string of the molecule is C.C=C(C)[C@H]1Cc2c(ccc(C3=NOC4COc5cc(OC)c(OC)cc5C34)c2O)O1.C=C(C)[C@H]1Cc2c(ccc(C3=NOC4COc5cc(OC)c(OC)cc5C34)c2OCC(=O)O)O1.O=C(O)CBr. The van der Waals surface area contributed by atoms with E-state index in [0.717, 1.165) is 33.4 Å². The second-order valence-corrected chi connectivity index (χ2v) is 17.2. The van der Waals surface area contributed by atoms with Crippen LogP contribution in [0.4, 0.5) is 0 Å². The first-order chi connectivity index (χ1) is 33.2. The van der Waals surface area contributed by atoms with Crippen molar-refractivity contribution in [3.05, 3.63) is 106 Å². The van der Waals surface area contributed by atoms with E-state index in [0.29, 0.717) is 100 Å². The summed E-state index contributed by atoms with van der Waals surface area (Å²) in [6.45, 7) is 12.0. The van der Waals surface area contributed by atoms with Crippen molar-refractivity contribution in [3.63, 3.8) is 0 Å². The average Bonchev–Trinajstić information content (AvgIpc) is 4.18. The zero-order chi connectivity index (χ0) is 49.3. The number of carboxylic acid groups (broad SMARTS) is 2. The summed E-state index contributed by atoms with van der Waals surface area (Å²) < 4.78 is 51.3. The van der Waals surface area contributed by atoms with Crippen LogP contribution >= 0.6 is 15.9 Å². The van der Waals surface area contributed by atoms with Gasteiger partial charge in [-0.25, -0.2) is 4.79 Å². The number of oxime groups is 2. The van der Waals surface area contributed by atoms with E-state index < -0.39 is 18.5 Å². The standard InChI is InChI=1S/C25H25NO8.C23H23NO6.C2H3BrO2.CH4/c1-12(2)17-8-15-16(33-17)6-5-13(25(15)32-11-22(27)28)24-23-14-7-19(29-3)20(30-4)9-18(14)31-10-21(23)34-26-24;1-11(2)16-8-14-15(29-16)6-5-12(23(14)25)22-21-13-7-18(26-3)19(27-4)9-17(13)28-10-20(21)30-24-22;3-1-2(4)5;/h5-7,9,17,21,23H,1,8,10-11H2,2-4H3,(H,27,28);5-7,9,16,20-21,25H,1,8,10H2,2-4H3;1H2,(H,4,5);1H4/t17-,21?,23?;16-,20?,21?;;/m11../s1. The number of aliphatic carboxylic acids is 2. The highest BCUT2D eigenvalue weighted by atomic mass is 79.9. The first-order valence-electron chi connectivity index (χ1n) is 21.7. The molecule has 6 aliphatic rings. The van der Waals surface area contributed by atoms with Gasteiger partial charge in [-0.1, -0.05) is 46.8 Å². The maximum absolute atomic E-state index is 11.3. The number of hydrogen-bond donors (Lipinski definition) is 3. The van der Waals surface area contributed by atoms with Crippen LogP contribution in [0.2, 0.25) is 0 Å². The number of ether oxygens (including phenoxy) is 9. The van der Waals surface area contributed by atoms with Crippen molar-refractivity contribution in [1.82, 2.24) is 0 Å². The molecular weight excluding hydrogens is 976 g/mol. The lowest BCUT2D eigenvalue weighted by Crippen LogP contribution is -2.32. The van der Waals surface area contributed by atoms with Gasteiger partial charge in [0.2, 0.25) is 0 Å². The predicted molar refractivity (Wildman–Crippen MR) is 260 cm³/mol. The summed E-state index contributed by atoms with van der Waals surface area (Å²) >= 11 is 2.71. The molecule has 0 radical (unpaired) electrons. The zero-order valence-electron chi connectivity index (χ0n) is 38.7. The number of halogens is 1. The van der Waals surface area contributed by atoms with Crippen molar-refractivity contribution in [3.8, 4) is 57.5 Å². The maximum Gasteiger partial charge on any atom is 0.341 e. The first kappa shape index (κ1) is 50.6. The van der Waals surface area contributed by atoms with Crippen molar-refractivity contribution >= 4 is 39.3 Å². The Morgan fingerprint density at radius 3 is 1.54 bits per heavy atom. The molecule has 10 rings (SSSR count). The van der Waals surface area contributed by atoms with Crippen LogP contribution in [0.3, 0.4) is 0 Å². The van der Waals surface area contributed by atoms with Gasteiger partial charge >= 0.3 is 11.9 Å². The number of aromatic hydroxyl groups is 1. The van der Waals surface area contributed by atoms with Gasteiger partial charge < -0.3 is 67.6 Å². The van der Waals surface area contributed by atoms with Gasteiger partial charge in [-0.15, -0.1) is 0 Å². The number of hydrogen-bond acceptors (Lipinski definition) is 16. The summed E-state index contributed by atoms with van der Waals surface area (Å²) in [6, 6.07) is 14.7. The van der Waals surface area contributed by atoms with E-state index in [-0.39, 0.29) is 54.8 Å². The summed E-state index contributed by atoms with van der Waals surface area (Å²) in [7, 11) is 6.32. The number of rotatable bonds is 12. The van der Waals surface area contributed by atoms with E-state index >= 15 is 0 Å². The second kappa shape index (κ2) is 21.2. The minimum atomic E-state index is -1.07. The molecule has 0 saturated heterocycles. The lowest BCUT2D eigenvalue weighted by atomic mass is 9.83. The van der Waals surface area contributed by atoms with Crippen LogP contribution in [0.15, 0.2) is 83.1 Å². The molecule has 18 nitrogen and oxygen atoms in total. The Kier molecular flexibility index (Phi) is 15.3. The van der Waals surface area contributed by atoms with Gasteiger partial charge in [0.15, 0.2) is 41.8 Å². The number of carbonyl (C=O) groups is 2. The highest BCUT2D eigenvalue weighted by molar-refractivity contribution is 9.09. The van der Waals surface area contributed by atoms with Gasteiger partial charge in [0.25, 0.3) is 0 Å². The van der Waals surface area contributed by atoms with Crippen molar-refractivity contribution < 1.29 is 77.2 Å². The highest BCUT2D eigenvalue weighted by Crippen LogP contribution is 2.50. The number of nitrogens with zero attached hydrogens (tertiary/aromatic N) is 2. The van der Waals surface area contributed by atoms with Crippen LogP contribution in [0.1, 0.15) is 66.5 Å². The Morgan fingerprint density at radius 1 is 0.671 bits per heavy atom. The Balaban J connectivity index is 0.000000187. The maximum atomic E-state index is 11.3. The molecule has 0 aromatic heterocycles. The molecule has 0 aliphatic carbocycles. The smallest absolute Gasteiger partial charge is 0.341 e. The molecule has 0 bridgehead atoms. The monoisotopic (exact) mass is 1030 g/mol. The molecule has 4 aromatic carbocycles. The minimum absolute atomic E-state index is 0. The van der Waals surface area contributed by atoms with Crippen LogP contribution in [0.5, 0.6) is 57.5 Å². The van der Waals surface area contributed by atoms with Gasteiger partial charge in [-0.3, -0.25) is 4.79 Å². The van der Waals surface area contributed by atoms with E-state index in [1.807, 2.05) is 56.3 Å². The molecule has 6 atom stereocenters. The van der Waals surface area contributed by atoms with Crippen LogP contribution in [0, 0.1) is 0 Å². The van der Waals surface area contributed by atoms with Crippen molar-refractivity contribution in [1.29, 1.82) is 0 Å². The molecule has 372 valence electrons. The summed E-state index contributed by atoms with van der Waals surface area (Å²) in [6.07, 6.45) is 0.152. The summed E-state index contributed by atoms with van der Waals surface area (Å²) in [4.78, 5) is 32.1. The molecule has 0 fully saturated rings. The fourth-order valence-electron chi connectivity index (χ4n) is 8.91. The van der Waals surface area contributed by atoms with Gasteiger partial charge in [0.05, 0.1) is 40.3 Å². The second-order valence-electron chi connectivity index (χ2n) is 16.7. The van der Waals surface area contributed by atoms with E-state index in [1.165, 1.54) is 0 Å². The third-order valence-corrected chi connectivity index (χ3v) is 12.8. The third kappa shape index (κ3) is 9.66. The molecule has 0 saturated carbocycles.